The van der Waals surface area contributed by atoms with Gasteiger partial charge in [-0.2, -0.15) is 0 Å². The second-order valence-electron chi connectivity index (χ2n) is 16.3. The zero-order valence-corrected chi connectivity index (χ0v) is 39.3. The van der Waals surface area contributed by atoms with Gasteiger partial charge in [-0.3, -0.25) is 14.2 Å². The molecule has 0 aromatic carbocycles. The van der Waals surface area contributed by atoms with E-state index in [-0.39, 0.29) is 26.1 Å². The Bertz CT molecular complexity index is 938. The minimum Gasteiger partial charge on any atom is -0.756 e. The van der Waals surface area contributed by atoms with E-state index in [2.05, 4.69) is 45.7 Å². The number of hydrogen-bond acceptors (Lipinski definition) is 8. The number of halogens is 2. The van der Waals surface area contributed by atoms with E-state index in [0.717, 1.165) is 44.9 Å². The molecule has 0 aliphatic carbocycles. The van der Waals surface area contributed by atoms with Crippen LogP contribution in [0.2, 0.25) is 0 Å². The Morgan fingerprint density at radius 2 is 0.963 bits per heavy atom. The molecule has 9 nitrogen and oxygen atoms in total. The summed E-state index contributed by atoms with van der Waals surface area (Å²) in [4.78, 5) is 38.6. The smallest absolute Gasteiger partial charge is 0.306 e. The first kappa shape index (κ1) is 54.0. The lowest BCUT2D eigenvalue weighted by atomic mass is 10.0. The van der Waals surface area contributed by atoms with Gasteiger partial charge >= 0.3 is 11.9 Å². The summed E-state index contributed by atoms with van der Waals surface area (Å²) in [6, 6.07) is 0. The van der Waals surface area contributed by atoms with Crippen LogP contribution >= 0.6 is 39.7 Å². The van der Waals surface area contributed by atoms with Gasteiger partial charge in [-0.15, -0.1) is 0 Å². The third kappa shape index (κ3) is 37.5. The highest BCUT2D eigenvalue weighted by atomic mass is 79.9. The summed E-state index contributed by atoms with van der Waals surface area (Å²) < 4.78 is 33.9. The number of unbranched alkanes of at least 4 members (excludes halogenated alkanes) is 21. The molecular formula is C42H82Br2NO8P. The van der Waals surface area contributed by atoms with Crippen LogP contribution in [-0.2, 0) is 32.7 Å². The first-order valence-corrected chi connectivity index (χ1v) is 25.1. The van der Waals surface area contributed by atoms with Crippen molar-refractivity contribution < 1.29 is 42.1 Å². The van der Waals surface area contributed by atoms with Crippen LogP contribution in [0.3, 0.4) is 0 Å². The Labute approximate surface area is 349 Å². The van der Waals surface area contributed by atoms with Gasteiger partial charge in [0.25, 0.3) is 7.82 Å². The predicted molar refractivity (Wildman–Crippen MR) is 229 cm³/mol. The van der Waals surface area contributed by atoms with Crippen LogP contribution < -0.4 is 4.89 Å². The lowest BCUT2D eigenvalue weighted by Gasteiger charge is -2.28. The predicted octanol–water partition coefficient (Wildman–Crippen LogP) is 12.1. The average Bonchev–Trinajstić information content (AvgIpc) is 3.11. The van der Waals surface area contributed by atoms with Gasteiger partial charge in [0.1, 0.15) is 19.8 Å². The van der Waals surface area contributed by atoms with Crippen LogP contribution in [0.15, 0.2) is 0 Å². The maximum Gasteiger partial charge on any atom is 0.306 e. The molecule has 0 spiro atoms. The lowest BCUT2D eigenvalue weighted by molar-refractivity contribution is -0.870. The number of carbonyl (C=O) groups is 2. The second kappa shape index (κ2) is 36.1. The number of esters is 2. The van der Waals surface area contributed by atoms with Crippen molar-refractivity contribution in [3.05, 3.63) is 0 Å². The molecule has 0 aromatic rings. The van der Waals surface area contributed by atoms with Gasteiger partial charge in [-0.25, -0.2) is 0 Å². The number of phosphoric acid groups is 1. The first-order chi connectivity index (χ1) is 25.8. The monoisotopic (exact) mass is 917 g/mol. The molecule has 0 saturated heterocycles. The van der Waals surface area contributed by atoms with Gasteiger partial charge in [-0.05, 0) is 25.7 Å². The van der Waals surface area contributed by atoms with Crippen molar-refractivity contribution in [3.8, 4) is 0 Å². The van der Waals surface area contributed by atoms with E-state index in [1.807, 2.05) is 21.1 Å². The minimum atomic E-state index is -4.63. The normalized spacial score (nSPS) is 14.7. The number of hydrogen-bond donors (Lipinski definition) is 0. The standard InChI is InChI=1S/C42H82Br2NO8P/c1-6-8-10-12-14-15-16-17-18-19-20-24-29-33-42(47)53-38(37-52-54(48,49)51-35-34-45(3,4)5)36-50-41(46)32-28-25-21-23-27-31-40(44)39(43)30-26-22-13-11-9-7-2/h38-40H,6-37H2,1-5H3/t38-,39?,40?/m1/s1. The number of quaternary nitrogens is 1. The number of alkyl halides is 2. The summed E-state index contributed by atoms with van der Waals surface area (Å²) in [6.07, 6.45) is 30.4. The van der Waals surface area contributed by atoms with Gasteiger partial charge in [0.15, 0.2) is 6.10 Å². The Kier molecular flexibility index (Phi) is 36.1. The van der Waals surface area contributed by atoms with Crippen LogP contribution in [0.1, 0.15) is 194 Å². The Morgan fingerprint density at radius 3 is 1.39 bits per heavy atom. The van der Waals surface area contributed by atoms with E-state index in [1.54, 1.807) is 0 Å². The van der Waals surface area contributed by atoms with Crippen molar-refractivity contribution in [3.63, 3.8) is 0 Å². The molecule has 0 rings (SSSR count). The number of carbonyl (C=O) groups excluding carboxylic acids is 2. The molecule has 0 N–H and O–H groups in total. The van der Waals surface area contributed by atoms with Crippen LogP contribution in [0, 0.1) is 0 Å². The summed E-state index contributed by atoms with van der Waals surface area (Å²) in [5, 5.41) is 0. The fraction of sp³-hybridized carbons (Fsp3) is 0.952. The Morgan fingerprint density at radius 1 is 0.574 bits per heavy atom. The molecule has 0 aliphatic rings. The van der Waals surface area contributed by atoms with Crippen molar-refractivity contribution in [1.82, 2.24) is 0 Å². The number of likely N-dealkylation sites (N-methyl/N-ethyl adjacent to an activating group) is 1. The summed E-state index contributed by atoms with van der Waals surface area (Å²) in [6.45, 7) is 4.21. The van der Waals surface area contributed by atoms with Gasteiger partial charge in [0, 0.05) is 22.5 Å². The zero-order valence-electron chi connectivity index (χ0n) is 35.3. The molecule has 12 heteroatoms. The second-order valence-corrected chi connectivity index (χ2v) is 20.0. The quantitative estimate of drug-likeness (QED) is 0.0196. The molecule has 0 bridgehead atoms. The van der Waals surface area contributed by atoms with Crippen molar-refractivity contribution in [2.45, 2.75) is 209 Å². The van der Waals surface area contributed by atoms with Crippen LogP contribution in [0.25, 0.3) is 0 Å². The highest BCUT2D eigenvalue weighted by Gasteiger charge is 2.22. The average molecular weight is 920 g/mol. The molecule has 0 aromatic heterocycles. The summed E-state index contributed by atoms with van der Waals surface area (Å²) >= 11 is 7.74. The van der Waals surface area contributed by atoms with Gasteiger partial charge < -0.3 is 27.9 Å². The highest BCUT2D eigenvalue weighted by Crippen LogP contribution is 2.38. The molecule has 0 aliphatic heterocycles. The Balaban J connectivity index is 4.44. The van der Waals surface area contributed by atoms with E-state index in [9.17, 15) is 19.0 Å². The molecule has 0 amide bonds. The highest BCUT2D eigenvalue weighted by molar-refractivity contribution is 9.12. The topological polar surface area (TPSA) is 111 Å². The number of rotatable bonds is 40. The van der Waals surface area contributed by atoms with Crippen molar-refractivity contribution in [1.29, 1.82) is 0 Å². The molecule has 3 unspecified atom stereocenters. The SMILES string of the molecule is CCCCCCCCCCCCCCCC(=O)O[C@H](COC(=O)CCCCCCCC(Br)C(Br)CCCCCCCC)COP(=O)([O-])OCC[N+](C)(C)C. The summed E-state index contributed by atoms with van der Waals surface area (Å²) in [5.41, 5.74) is 0. The van der Waals surface area contributed by atoms with E-state index < -0.39 is 32.5 Å². The van der Waals surface area contributed by atoms with Gasteiger partial charge in [0.2, 0.25) is 0 Å². The fourth-order valence-electron chi connectivity index (χ4n) is 6.16. The van der Waals surface area contributed by atoms with Crippen LogP contribution in [0.5, 0.6) is 0 Å². The molecule has 322 valence electrons. The largest absolute Gasteiger partial charge is 0.756 e. The number of ether oxygens (including phenoxy) is 2. The van der Waals surface area contributed by atoms with E-state index in [1.165, 1.54) is 109 Å². The third-order valence-electron chi connectivity index (χ3n) is 9.73. The molecular weight excluding hydrogens is 837 g/mol. The van der Waals surface area contributed by atoms with Crippen molar-refractivity contribution in [2.75, 3.05) is 47.5 Å². The molecule has 4 atom stereocenters. The third-order valence-corrected chi connectivity index (χ3v) is 13.6. The van der Waals surface area contributed by atoms with E-state index in [0.29, 0.717) is 33.5 Å². The van der Waals surface area contributed by atoms with E-state index in [4.69, 9.17) is 18.5 Å². The zero-order chi connectivity index (χ0) is 40.3. The lowest BCUT2D eigenvalue weighted by Crippen LogP contribution is -2.37. The maximum absolute atomic E-state index is 12.7. The van der Waals surface area contributed by atoms with Crippen molar-refractivity contribution >= 4 is 51.6 Å². The molecule has 0 saturated carbocycles. The molecule has 54 heavy (non-hydrogen) atoms. The van der Waals surface area contributed by atoms with Crippen molar-refractivity contribution in [2.24, 2.45) is 0 Å². The molecule has 0 heterocycles. The van der Waals surface area contributed by atoms with Gasteiger partial charge in [0.05, 0.1) is 27.7 Å². The first-order valence-electron chi connectivity index (χ1n) is 21.8. The number of nitrogens with zero attached hydrogens (tertiary/aromatic N) is 1. The number of phosphoric ester groups is 1. The van der Waals surface area contributed by atoms with E-state index >= 15 is 0 Å². The maximum atomic E-state index is 12.7. The van der Waals surface area contributed by atoms with Gasteiger partial charge in [-0.1, -0.05) is 187 Å². The fourth-order valence-corrected chi connectivity index (χ4v) is 8.07. The summed E-state index contributed by atoms with van der Waals surface area (Å²) in [7, 11) is 1.16. The molecule has 0 radical (unpaired) electrons. The van der Waals surface area contributed by atoms with Crippen LogP contribution in [0.4, 0.5) is 0 Å². The molecule has 0 fully saturated rings. The Hall–Kier alpha value is -0.0300. The summed E-state index contributed by atoms with van der Waals surface area (Å²) in [5.74, 6) is -0.844. The minimum absolute atomic E-state index is 0.0320. The van der Waals surface area contributed by atoms with Crippen LogP contribution in [-0.4, -0.2) is 79.7 Å².